The number of hydrogen-bond donors (Lipinski definition) is 1. The molecule has 0 bridgehead atoms. The van der Waals surface area contributed by atoms with Crippen LogP contribution in [0.15, 0.2) is 18.2 Å². The Balaban J connectivity index is 2.13. The minimum Gasteiger partial charge on any atom is -0.374 e. The number of hydrogen-bond acceptors (Lipinski definition) is 5. The van der Waals surface area contributed by atoms with Crippen LogP contribution in [0, 0.1) is 10.1 Å². The highest BCUT2D eigenvalue weighted by molar-refractivity contribution is 6.30. The number of nitrogens with one attached hydrogen (secondary N) is 1. The van der Waals surface area contributed by atoms with Gasteiger partial charge < -0.3 is 15.0 Å². The first-order valence-corrected chi connectivity index (χ1v) is 6.43. The zero-order valence-electron chi connectivity index (χ0n) is 10.6. The van der Waals surface area contributed by atoms with Crippen molar-refractivity contribution in [3.63, 3.8) is 0 Å². The van der Waals surface area contributed by atoms with E-state index in [-0.39, 0.29) is 11.8 Å². The summed E-state index contributed by atoms with van der Waals surface area (Å²) < 4.78 is 5.59. The summed E-state index contributed by atoms with van der Waals surface area (Å²) in [5, 5.41) is 14.6. The topological polar surface area (TPSA) is 67.6 Å². The first kappa shape index (κ1) is 14.0. The molecule has 0 amide bonds. The smallest absolute Gasteiger partial charge is 0.294 e. The van der Waals surface area contributed by atoms with E-state index in [1.165, 1.54) is 6.07 Å². The average molecular weight is 286 g/mol. The van der Waals surface area contributed by atoms with Crippen LogP contribution in [0.3, 0.4) is 0 Å². The van der Waals surface area contributed by atoms with Gasteiger partial charge in [0, 0.05) is 37.8 Å². The van der Waals surface area contributed by atoms with Crippen molar-refractivity contribution < 1.29 is 9.66 Å². The fourth-order valence-electron chi connectivity index (χ4n) is 2.11. The van der Waals surface area contributed by atoms with E-state index in [0.29, 0.717) is 23.9 Å². The molecule has 7 heteroatoms. The quantitative estimate of drug-likeness (QED) is 0.673. The van der Waals surface area contributed by atoms with Gasteiger partial charge in [-0.05, 0) is 12.1 Å². The lowest BCUT2D eigenvalue weighted by atomic mass is 10.2. The highest BCUT2D eigenvalue weighted by Gasteiger charge is 2.21. The van der Waals surface area contributed by atoms with E-state index in [4.69, 9.17) is 16.3 Å². The molecular formula is C12H16ClN3O3. The molecule has 1 unspecified atom stereocenters. The van der Waals surface area contributed by atoms with Crippen molar-refractivity contribution in [3.05, 3.63) is 33.3 Å². The summed E-state index contributed by atoms with van der Waals surface area (Å²) in [4.78, 5) is 12.5. The number of morpholine rings is 1. The minimum atomic E-state index is -0.419. The van der Waals surface area contributed by atoms with Crippen LogP contribution < -0.4 is 10.2 Å². The predicted molar refractivity (Wildman–Crippen MR) is 74.0 cm³/mol. The zero-order chi connectivity index (χ0) is 13.8. The summed E-state index contributed by atoms with van der Waals surface area (Å²) in [6.45, 7) is 2.86. The fourth-order valence-corrected chi connectivity index (χ4v) is 2.27. The van der Waals surface area contributed by atoms with E-state index in [0.717, 1.165) is 13.1 Å². The second-order valence-corrected chi connectivity index (χ2v) is 4.90. The number of rotatable bonds is 4. The van der Waals surface area contributed by atoms with Gasteiger partial charge >= 0.3 is 0 Å². The predicted octanol–water partition coefficient (Wildman–Crippen LogP) is 1.67. The molecule has 1 N–H and O–H groups in total. The number of ether oxygens (including phenoxy) is 1. The van der Waals surface area contributed by atoms with E-state index in [1.807, 2.05) is 11.9 Å². The van der Waals surface area contributed by atoms with Crippen LogP contribution >= 0.6 is 11.6 Å². The van der Waals surface area contributed by atoms with Gasteiger partial charge in [0.05, 0.1) is 17.6 Å². The van der Waals surface area contributed by atoms with E-state index < -0.39 is 4.92 Å². The van der Waals surface area contributed by atoms with Crippen molar-refractivity contribution in [2.75, 3.05) is 38.2 Å². The molecule has 1 aromatic rings. The van der Waals surface area contributed by atoms with Crippen molar-refractivity contribution >= 4 is 23.0 Å². The molecule has 0 aliphatic carbocycles. The van der Waals surface area contributed by atoms with Crippen LogP contribution in [-0.2, 0) is 4.74 Å². The van der Waals surface area contributed by atoms with Crippen molar-refractivity contribution in [2.45, 2.75) is 6.10 Å². The second-order valence-electron chi connectivity index (χ2n) is 4.47. The summed E-state index contributed by atoms with van der Waals surface area (Å²) in [6, 6.07) is 4.68. The molecule has 0 aromatic heterocycles. The van der Waals surface area contributed by atoms with Crippen LogP contribution in [0.25, 0.3) is 0 Å². The number of nitro groups is 1. The third kappa shape index (κ3) is 3.56. The Morgan fingerprint density at radius 1 is 1.63 bits per heavy atom. The van der Waals surface area contributed by atoms with Gasteiger partial charge in [0.15, 0.2) is 0 Å². The number of halogens is 1. The molecule has 1 fully saturated rings. The van der Waals surface area contributed by atoms with E-state index in [1.54, 1.807) is 12.1 Å². The summed E-state index contributed by atoms with van der Waals surface area (Å²) in [7, 11) is 1.81. The van der Waals surface area contributed by atoms with Gasteiger partial charge in [-0.15, -0.1) is 0 Å². The Bertz CT molecular complexity index is 464. The molecule has 1 heterocycles. The summed E-state index contributed by atoms with van der Waals surface area (Å²) in [5.74, 6) is 0. The fraction of sp³-hybridized carbons (Fsp3) is 0.500. The lowest BCUT2D eigenvalue weighted by Crippen LogP contribution is -2.44. The zero-order valence-corrected chi connectivity index (χ0v) is 11.4. The van der Waals surface area contributed by atoms with Gasteiger partial charge in [-0.3, -0.25) is 10.1 Å². The molecule has 1 aliphatic heterocycles. The largest absolute Gasteiger partial charge is 0.374 e. The second kappa shape index (κ2) is 6.18. The highest BCUT2D eigenvalue weighted by atomic mass is 35.5. The number of likely N-dealkylation sites (N-methyl/N-ethyl adjacent to an activating group) is 1. The molecule has 1 saturated heterocycles. The van der Waals surface area contributed by atoms with Crippen LogP contribution in [0.1, 0.15) is 0 Å². The van der Waals surface area contributed by atoms with Crippen molar-refractivity contribution in [2.24, 2.45) is 0 Å². The van der Waals surface area contributed by atoms with Crippen molar-refractivity contribution in [1.29, 1.82) is 0 Å². The highest BCUT2D eigenvalue weighted by Crippen LogP contribution is 2.30. The molecular weight excluding hydrogens is 270 g/mol. The third-order valence-electron chi connectivity index (χ3n) is 3.03. The normalized spacial score (nSPS) is 19.2. The average Bonchev–Trinajstić information content (AvgIpc) is 2.39. The number of nitro benzene ring substituents is 1. The van der Waals surface area contributed by atoms with Crippen LogP contribution in [0.4, 0.5) is 11.4 Å². The SMILES string of the molecule is CN(CC1CNCCO1)c1ccc(Cl)cc1[N+](=O)[O-]. The maximum atomic E-state index is 11.0. The Kier molecular flexibility index (Phi) is 4.57. The molecule has 19 heavy (non-hydrogen) atoms. The first-order valence-electron chi connectivity index (χ1n) is 6.05. The van der Waals surface area contributed by atoms with Gasteiger partial charge in [-0.2, -0.15) is 0 Å². The molecule has 0 radical (unpaired) electrons. The van der Waals surface area contributed by atoms with Gasteiger partial charge in [-0.25, -0.2) is 0 Å². The summed E-state index contributed by atoms with van der Waals surface area (Å²) in [5.41, 5.74) is 0.558. The molecule has 104 valence electrons. The molecule has 1 aliphatic rings. The Morgan fingerprint density at radius 3 is 3.05 bits per heavy atom. The Hall–Kier alpha value is -1.37. The number of anilines is 1. The molecule has 0 spiro atoms. The maximum absolute atomic E-state index is 11.0. The lowest BCUT2D eigenvalue weighted by Gasteiger charge is -2.28. The third-order valence-corrected chi connectivity index (χ3v) is 3.26. The van der Waals surface area contributed by atoms with Crippen LogP contribution in [0.5, 0.6) is 0 Å². The number of nitrogens with zero attached hydrogens (tertiary/aromatic N) is 2. The van der Waals surface area contributed by atoms with Gasteiger partial charge in [0.25, 0.3) is 5.69 Å². The maximum Gasteiger partial charge on any atom is 0.294 e. The molecule has 2 rings (SSSR count). The first-order chi connectivity index (χ1) is 9.08. The summed E-state index contributed by atoms with van der Waals surface area (Å²) >= 11 is 5.80. The monoisotopic (exact) mass is 285 g/mol. The van der Waals surface area contributed by atoms with Gasteiger partial charge in [0.2, 0.25) is 0 Å². The lowest BCUT2D eigenvalue weighted by molar-refractivity contribution is -0.384. The minimum absolute atomic E-state index is 0.0127. The van der Waals surface area contributed by atoms with Crippen molar-refractivity contribution in [3.8, 4) is 0 Å². The van der Waals surface area contributed by atoms with E-state index >= 15 is 0 Å². The van der Waals surface area contributed by atoms with Gasteiger partial charge in [0.1, 0.15) is 5.69 Å². The summed E-state index contributed by atoms with van der Waals surface area (Å²) in [6.07, 6.45) is 0.0361. The standard InChI is InChI=1S/C12H16ClN3O3/c1-15(8-10-7-14-4-5-19-10)11-3-2-9(13)6-12(11)16(17)18/h2-3,6,10,14H,4-5,7-8H2,1H3. The van der Waals surface area contributed by atoms with Crippen LogP contribution in [-0.4, -0.2) is 44.3 Å². The molecule has 0 saturated carbocycles. The van der Waals surface area contributed by atoms with E-state index in [2.05, 4.69) is 5.32 Å². The van der Waals surface area contributed by atoms with Crippen molar-refractivity contribution in [1.82, 2.24) is 5.32 Å². The number of benzene rings is 1. The molecule has 1 atom stereocenters. The van der Waals surface area contributed by atoms with E-state index in [9.17, 15) is 10.1 Å². The van der Waals surface area contributed by atoms with Gasteiger partial charge in [-0.1, -0.05) is 11.6 Å². The Morgan fingerprint density at radius 2 is 2.42 bits per heavy atom. The molecule has 6 nitrogen and oxygen atoms in total. The molecule has 1 aromatic carbocycles. The Labute approximate surface area is 116 Å². The van der Waals surface area contributed by atoms with Crippen LogP contribution in [0.2, 0.25) is 5.02 Å².